The van der Waals surface area contributed by atoms with Gasteiger partial charge >= 0.3 is 5.97 Å². The van der Waals surface area contributed by atoms with E-state index in [1.54, 1.807) is 6.07 Å². The van der Waals surface area contributed by atoms with Crippen molar-refractivity contribution >= 4 is 17.6 Å². The number of hydrogen-bond donors (Lipinski definition) is 0. The summed E-state index contributed by atoms with van der Waals surface area (Å²) in [6.07, 6.45) is 0.369. The van der Waals surface area contributed by atoms with E-state index in [0.29, 0.717) is 5.69 Å². The lowest BCUT2D eigenvalue weighted by molar-refractivity contribution is -0.150. The molecule has 0 radical (unpaired) electrons. The van der Waals surface area contributed by atoms with E-state index >= 15 is 0 Å². The fraction of sp³-hybridized carbons (Fsp3) is 0.263. The summed E-state index contributed by atoms with van der Waals surface area (Å²) in [5.41, 5.74) is 0.0300. The number of carbonyl (C=O) groups excluding carboxylic acids is 2. The van der Waals surface area contributed by atoms with Crippen LogP contribution in [-0.4, -0.2) is 18.4 Å². The lowest BCUT2D eigenvalue weighted by Crippen LogP contribution is -2.43. The molecule has 0 aromatic heterocycles. The van der Waals surface area contributed by atoms with Gasteiger partial charge in [-0.25, -0.2) is 13.2 Å². The van der Waals surface area contributed by atoms with Gasteiger partial charge in [0.05, 0.1) is 11.5 Å². The zero-order valence-corrected chi connectivity index (χ0v) is 13.8. The van der Waals surface area contributed by atoms with Crippen LogP contribution in [0.1, 0.15) is 18.4 Å². The minimum atomic E-state index is -0.794. The van der Waals surface area contributed by atoms with Crippen molar-refractivity contribution in [3.8, 4) is 0 Å². The first kappa shape index (κ1) is 18.0. The second-order valence-corrected chi connectivity index (χ2v) is 6.03. The topological polar surface area (TPSA) is 46.6 Å². The zero-order chi connectivity index (χ0) is 18.7. The van der Waals surface area contributed by atoms with Crippen molar-refractivity contribution in [2.75, 3.05) is 11.4 Å². The third-order valence-corrected chi connectivity index (χ3v) is 4.28. The van der Waals surface area contributed by atoms with E-state index in [9.17, 15) is 22.8 Å². The molecule has 1 heterocycles. The lowest BCUT2D eigenvalue weighted by Gasteiger charge is -2.31. The van der Waals surface area contributed by atoms with Crippen LogP contribution in [0.2, 0.25) is 0 Å². The third-order valence-electron chi connectivity index (χ3n) is 4.28. The summed E-state index contributed by atoms with van der Waals surface area (Å²) in [6, 6.07) is 8.89. The normalized spacial score (nSPS) is 17.3. The van der Waals surface area contributed by atoms with Crippen LogP contribution < -0.4 is 4.90 Å². The summed E-state index contributed by atoms with van der Waals surface area (Å²) in [7, 11) is 0. The third kappa shape index (κ3) is 3.87. The highest BCUT2D eigenvalue weighted by molar-refractivity contribution is 5.95. The molecule has 26 heavy (non-hydrogen) atoms. The molecule has 1 fully saturated rings. The first-order chi connectivity index (χ1) is 12.5. The summed E-state index contributed by atoms with van der Waals surface area (Å²) in [5.74, 6) is -3.60. The van der Waals surface area contributed by atoms with Crippen molar-refractivity contribution in [2.24, 2.45) is 5.92 Å². The van der Waals surface area contributed by atoms with Gasteiger partial charge in [-0.15, -0.1) is 0 Å². The number of ether oxygens (including phenoxy) is 1. The van der Waals surface area contributed by atoms with Crippen LogP contribution in [0.5, 0.6) is 0 Å². The smallest absolute Gasteiger partial charge is 0.311 e. The Morgan fingerprint density at radius 1 is 1.12 bits per heavy atom. The Labute approximate surface area is 148 Å². The summed E-state index contributed by atoms with van der Waals surface area (Å²) in [4.78, 5) is 25.7. The van der Waals surface area contributed by atoms with E-state index < -0.39 is 35.9 Å². The number of hydrogen-bond acceptors (Lipinski definition) is 3. The lowest BCUT2D eigenvalue weighted by atomic mass is 9.97. The van der Waals surface area contributed by atoms with Crippen LogP contribution in [-0.2, 0) is 20.9 Å². The molecule has 1 amide bonds. The molecule has 1 aliphatic heterocycles. The molecule has 2 aromatic carbocycles. The maximum atomic E-state index is 13.6. The van der Waals surface area contributed by atoms with Crippen LogP contribution in [0.3, 0.4) is 0 Å². The van der Waals surface area contributed by atoms with Crippen LogP contribution >= 0.6 is 0 Å². The molecule has 0 spiro atoms. The number of amides is 1. The molecular formula is C19H16F3NO3. The number of rotatable bonds is 4. The Hall–Kier alpha value is -2.83. The quantitative estimate of drug-likeness (QED) is 0.780. The Kier molecular flexibility index (Phi) is 5.25. The summed E-state index contributed by atoms with van der Waals surface area (Å²) in [6.45, 7) is -0.497. The maximum Gasteiger partial charge on any atom is 0.311 e. The minimum absolute atomic E-state index is 0.0286. The van der Waals surface area contributed by atoms with Crippen molar-refractivity contribution in [2.45, 2.75) is 19.4 Å². The molecule has 0 N–H and O–H groups in total. The molecule has 1 atom stereocenters. The van der Waals surface area contributed by atoms with Crippen molar-refractivity contribution < 1.29 is 27.5 Å². The largest absolute Gasteiger partial charge is 0.460 e. The first-order valence-corrected chi connectivity index (χ1v) is 8.11. The highest BCUT2D eigenvalue weighted by Gasteiger charge is 2.32. The second-order valence-electron chi connectivity index (χ2n) is 6.03. The van der Waals surface area contributed by atoms with Gasteiger partial charge in [0.2, 0.25) is 5.91 Å². The van der Waals surface area contributed by atoms with E-state index in [1.807, 2.05) is 0 Å². The monoisotopic (exact) mass is 363 g/mol. The molecule has 3 rings (SSSR count). The van der Waals surface area contributed by atoms with Gasteiger partial charge in [0.25, 0.3) is 0 Å². The van der Waals surface area contributed by atoms with Gasteiger partial charge < -0.3 is 9.64 Å². The van der Waals surface area contributed by atoms with Crippen LogP contribution in [0.4, 0.5) is 18.9 Å². The van der Waals surface area contributed by atoms with Crippen molar-refractivity contribution in [3.63, 3.8) is 0 Å². The molecule has 7 heteroatoms. The second kappa shape index (κ2) is 7.59. The number of carbonyl (C=O) groups is 2. The fourth-order valence-electron chi connectivity index (χ4n) is 2.86. The predicted octanol–water partition coefficient (Wildman–Crippen LogP) is 3.59. The van der Waals surface area contributed by atoms with E-state index in [1.165, 1.54) is 29.2 Å². The standard InChI is InChI=1S/C19H16F3NO3/c20-13-3-1-4-14(9-13)23-10-12(7-8-18(23)24)19(25)26-11-15-16(21)5-2-6-17(15)22/h1-6,9,12H,7-8,10-11H2. The van der Waals surface area contributed by atoms with Gasteiger partial charge in [-0.05, 0) is 36.8 Å². The van der Waals surface area contributed by atoms with Gasteiger partial charge in [0.15, 0.2) is 0 Å². The number of benzene rings is 2. The Balaban J connectivity index is 1.67. The number of nitrogens with zero attached hydrogens (tertiary/aromatic N) is 1. The number of halogens is 3. The maximum absolute atomic E-state index is 13.6. The van der Waals surface area contributed by atoms with Gasteiger partial charge in [-0.2, -0.15) is 0 Å². The van der Waals surface area contributed by atoms with Crippen molar-refractivity contribution in [1.82, 2.24) is 0 Å². The van der Waals surface area contributed by atoms with E-state index in [2.05, 4.69) is 0 Å². The summed E-state index contributed by atoms with van der Waals surface area (Å²) in [5, 5.41) is 0. The van der Waals surface area contributed by atoms with Gasteiger partial charge in [0.1, 0.15) is 24.1 Å². The van der Waals surface area contributed by atoms with E-state index in [-0.39, 0.29) is 30.9 Å². The highest BCUT2D eigenvalue weighted by atomic mass is 19.1. The Morgan fingerprint density at radius 2 is 1.81 bits per heavy atom. The van der Waals surface area contributed by atoms with Crippen molar-refractivity contribution in [1.29, 1.82) is 0 Å². The first-order valence-electron chi connectivity index (χ1n) is 8.11. The zero-order valence-electron chi connectivity index (χ0n) is 13.8. The van der Waals surface area contributed by atoms with Crippen molar-refractivity contribution in [3.05, 3.63) is 65.5 Å². The molecule has 136 valence electrons. The minimum Gasteiger partial charge on any atom is -0.460 e. The molecule has 0 bridgehead atoms. The molecular weight excluding hydrogens is 347 g/mol. The van der Waals surface area contributed by atoms with Gasteiger partial charge in [-0.3, -0.25) is 9.59 Å². The van der Waals surface area contributed by atoms with E-state index in [0.717, 1.165) is 12.1 Å². The van der Waals surface area contributed by atoms with E-state index in [4.69, 9.17) is 4.74 Å². The summed E-state index contributed by atoms with van der Waals surface area (Å²) >= 11 is 0. The molecule has 2 aromatic rings. The highest BCUT2D eigenvalue weighted by Crippen LogP contribution is 2.26. The van der Waals surface area contributed by atoms with Gasteiger partial charge in [-0.1, -0.05) is 12.1 Å². The Morgan fingerprint density at radius 3 is 2.50 bits per heavy atom. The molecule has 0 saturated carbocycles. The molecule has 1 unspecified atom stereocenters. The van der Waals surface area contributed by atoms with Crippen LogP contribution in [0, 0.1) is 23.4 Å². The predicted molar refractivity (Wildman–Crippen MR) is 87.6 cm³/mol. The molecule has 1 aliphatic rings. The average Bonchev–Trinajstić information content (AvgIpc) is 2.61. The summed E-state index contributed by atoms with van der Waals surface area (Å²) < 4.78 is 45.6. The van der Waals surface area contributed by atoms with Crippen LogP contribution in [0.15, 0.2) is 42.5 Å². The molecule has 0 aliphatic carbocycles. The molecule has 4 nitrogen and oxygen atoms in total. The Bertz CT molecular complexity index is 820. The van der Waals surface area contributed by atoms with Crippen LogP contribution in [0.25, 0.3) is 0 Å². The number of piperidine rings is 1. The number of anilines is 1. The fourth-order valence-corrected chi connectivity index (χ4v) is 2.86. The number of esters is 1. The average molecular weight is 363 g/mol. The molecule has 1 saturated heterocycles. The van der Waals surface area contributed by atoms with Gasteiger partial charge in [0, 0.05) is 18.7 Å². The SMILES string of the molecule is O=C(OCc1c(F)cccc1F)C1CCC(=O)N(c2cccc(F)c2)C1.